The van der Waals surface area contributed by atoms with E-state index in [2.05, 4.69) is 13.8 Å². The second kappa shape index (κ2) is 5.84. The zero-order valence-electron chi connectivity index (χ0n) is 12.5. The second-order valence-corrected chi connectivity index (χ2v) is 7.92. The highest BCUT2D eigenvalue weighted by Crippen LogP contribution is 2.28. The van der Waals surface area contributed by atoms with Crippen LogP contribution in [0.4, 0.5) is 0 Å². The van der Waals surface area contributed by atoms with E-state index < -0.39 is 10.0 Å². The lowest BCUT2D eigenvalue weighted by Gasteiger charge is -2.34. The minimum Gasteiger partial charge on any atom is -0.326 e. The van der Waals surface area contributed by atoms with Crippen LogP contribution in [0.1, 0.15) is 31.4 Å². The molecule has 1 aliphatic heterocycles. The molecule has 0 aromatic heterocycles. The summed E-state index contributed by atoms with van der Waals surface area (Å²) in [5.74, 6) is 0.818. The number of benzene rings is 1. The fourth-order valence-electron chi connectivity index (χ4n) is 3.10. The number of rotatable bonds is 3. The predicted molar refractivity (Wildman–Crippen MR) is 80.8 cm³/mol. The van der Waals surface area contributed by atoms with Crippen LogP contribution < -0.4 is 5.73 Å². The Hall–Kier alpha value is -0.910. The maximum Gasteiger partial charge on any atom is 0.243 e. The van der Waals surface area contributed by atoms with E-state index >= 15 is 0 Å². The second-order valence-electron chi connectivity index (χ2n) is 6.01. The molecule has 1 aromatic carbocycles. The zero-order chi connectivity index (χ0) is 14.9. The van der Waals surface area contributed by atoms with Crippen molar-refractivity contribution in [3.63, 3.8) is 0 Å². The Balaban J connectivity index is 2.40. The van der Waals surface area contributed by atoms with Gasteiger partial charge in [-0.15, -0.1) is 0 Å². The summed E-state index contributed by atoms with van der Waals surface area (Å²) in [6.45, 7) is 7.65. The van der Waals surface area contributed by atoms with Gasteiger partial charge < -0.3 is 5.73 Å². The SMILES string of the molecule is Cc1c(CN)cccc1S(=O)(=O)N1CC(C)CC(C)C1. The number of nitrogens with two attached hydrogens (primary N) is 1. The third-order valence-electron chi connectivity index (χ3n) is 4.07. The van der Waals surface area contributed by atoms with Crippen molar-refractivity contribution in [2.24, 2.45) is 17.6 Å². The maximum absolute atomic E-state index is 12.9. The minimum absolute atomic E-state index is 0.363. The first-order chi connectivity index (χ1) is 9.36. The van der Waals surface area contributed by atoms with Crippen LogP contribution in [0.3, 0.4) is 0 Å². The third-order valence-corrected chi connectivity index (χ3v) is 6.05. The lowest BCUT2D eigenvalue weighted by Crippen LogP contribution is -2.42. The van der Waals surface area contributed by atoms with Gasteiger partial charge in [0, 0.05) is 19.6 Å². The summed E-state index contributed by atoms with van der Waals surface area (Å²) in [7, 11) is -3.41. The molecule has 1 aromatic rings. The Morgan fingerprint density at radius 1 is 1.25 bits per heavy atom. The first-order valence-corrected chi connectivity index (χ1v) is 8.59. The van der Waals surface area contributed by atoms with Crippen LogP contribution in [-0.2, 0) is 16.6 Å². The number of nitrogens with zero attached hydrogens (tertiary/aromatic N) is 1. The first-order valence-electron chi connectivity index (χ1n) is 7.15. The highest BCUT2D eigenvalue weighted by atomic mass is 32.2. The van der Waals surface area contributed by atoms with Crippen LogP contribution in [-0.4, -0.2) is 25.8 Å². The molecule has 20 heavy (non-hydrogen) atoms. The fraction of sp³-hybridized carbons (Fsp3) is 0.600. The van der Waals surface area contributed by atoms with E-state index in [9.17, 15) is 8.42 Å². The molecule has 0 saturated carbocycles. The van der Waals surface area contributed by atoms with E-state index in [4.69, 9.17) is 5.73 Å². The fourth-order valence-corrected chi connectivity index (χ4v) is 5.05. The molecule has 2 atom stereocenters. The summed E-state index contributed by atoms with van der Waals surface area (Å²) in [5.41, 5.74) is 7.35. The van der Waals surface area contributed by atoms with Crippen molar-refractivity contribution in [1.82, 2.24) is 4.31 Å². The first kappa shape index (κ1) is 15.5. The van der Waals surface area contributed by atoms with Crippen molar-refractivity contribution < 1.29 is 8.42 Å². The van der Waals surface area contributed by atoms with E-state index in [1.54, 1.807) is 16.4 Å². The van der Waals surface area contributed by atoms with Gasteiger partial charge in [-0.2, -0.15) is 4.31 Å². The summed E-state index contributed by atoms with van der Waals surface area (Å²) in [4.78, 5) is 0.404. The molecule has 2 N–H and O–H groups in total. The summed E-state index contributed by atoms with van der Waals surface area (Å²) in [6, 6.07) is 5.35. The van der Waals surface area contributed by atoms with Gasteiger partial charge in [0.15, 0.2) is 0 Å². The van der Waals surface area contributed by atoms with Crippen molar-refractivity contribution in [3.8, 4) is 0 Å². The summed E-state index contributed by atoms with van der Waals surface area (Å²) >= 11 is 0. The topological polar surface area (TPSA) is 63.4 Å². The molecule has 0 aliphatic carbocycles. The molecule has 2 unspecified atom stereocenters. The molecular formula is C15H24N2O2S. The maximum atomic E-state index is 12.9. The van der Waals surface area contributed by atoms with E-state index in [1.807, 2.05) is 13.0 Å². The molecule has 2 rings (SSSR count). The minimum atomic E-state index is -3.41. The van der Waals surface area contributed by atoms with Gasteiger partial charge in [0.05, 0.1) is 4.90 Å². The molecule has 0 radical (unpaired) electrons. The Labute approximate surface area is 122 Å². The van der Waals surface area contributed by atoms with E-state index in [-0.39, 0.29) is 0 Å². The lowest BCUT2D eigenvalue weighted by atomic mass is 9.94. The van der Waals surface area contributed by atoms with Gasteiger partial charge in [-0.1, -0.05) is 26.0 Å². The van der Waals surface area contributed by atoms with Crippen LogP contribution in [0.5, 0.6) is 0 Å². The smallest absolute Gasteiger partial charge is 0.243 e. The molecule has 1 saturated heterocycles. The van der Waals surface area contributed by atoms with Crippen LogP contribution in [0, 0.1) is 18.8 Å². The van der Waals surface area contributed by atoms with E-state index in [0.29, 0.717) is 36.4 Å². The molecule has 112 valence electrons. The van der Waals surface area contributed by atoms with Crippen LogP contribution in [0.2, 0.25) is 0 Å². The Kier molecular flexibility index (Phi) is 4.52. The van der Waals surface area contributed by atoms with Crippen molar-refractivity contribution in [1.29, 1.82) is 0 Å². The molecular weight excluding hydrogens is 272 g/mol. The Morgan fingerprint density at radius 3 is 2.40 bits per heavy atom. The van der Waals surface area contributed by atoms with Gasteiger partial charge in [-0.3, -0.25) is 0 Å². The summed E-state index contributed by atoms with van der Waals surface area (Å²) in [6.07, 6.45) is 1.09. The monoisotopic (exact) mass is 296 g/mol. The Bertz CT molecular complexity index is 574. The molecule has 5 heteroatoms. The van der Waals surface area contributed by atoms with Gasteiger partial charge in [0.1, 0.15) is 0 Å². The lowest BCUT2D eigenvalue weighted by molar-refractivity contribution is 0.222. The predicted octanol–water partition coefficient (Wildman–Crippen LogP) is 2.12. The van der Waals surface area contributed by atoms with Crippen LogP contribution >= 0.6 is 0 Å². The molecule has 1 aliphatic rings. The highest BCUT2D eigenvalue weighted by molar-refractivity contribution is 7.89. The van der Waals surface area contributed by atoms with Crippen molar-refractivity contribution >= 4 is 10.0 Å². The average molecular weight is 296 g/mol. The van der Waals surface area contributed by atoms with Gasteiger partial charge >= 0.3 is 0 Å². The van der Waals surface area contributed by atoms with Gasteiger partial charge in [0.2, 0.25) is 10.0 Å². The van der Waals surface area contributed by atoms with Crippen molar-refractivity contribution in [2.45, 2.75) is 38.6 Å². The zero-order valence-corrected chi connectivity index (χ0v) is 13.3. The summed E-state index contributed by atoms with van der Waals surface area (Å²) in [5, 5.41) is 0. The van der Waals surface area contributed by atoms with Crippen LogP contribution in [0.15, 0.2) is 23.1 Å². The number of sulfonamides is 1. The standard InChI is InChI=1S/C15H24N2O2S/c1-11-7-12(2)10-17(9-11)20(18,19)15-6-4-5-14(8-16)13(15)3/h4-6,11-12H,7-10,16H2,1-3H3. The van der Waals surface area contributed by atoms with Gasteiger partial charge in [0.25, 0.3) is 0 Å². The quantitative estimate of drug-likeness (QED) is 0.929. The number of piperidine rings is 1. The van der Waals surface area contributed by atoms with Crippen LogP contribution in [0.25, 0.3) is 0 Å². The molecule has 0 bridgehead atoms. The van der Waals surface area contributed by atoms with E-state index in [1.165, 1.54) is 0 Å². The average Bonchev–Trinajstić information content (AvgIpc) is 2.37. The Morgan fingerprint density at radius 2 is 1.85 bits per heavy atom. The molecule has 0 spiro atoms. The normalized spacial score (nSPS) is 24.8. The van der Waals surface area contributed by atoms with Crippen molar-refractivity contribution in [3.05, 3.63) is 29.3 Å². The molecule has 1 heterocycles. The van der Waals surface area contributed by atoms with Gasteiger partial charge in [-0.25, -0.2) is 8.42 Å². The van der Waals surface area contributed by atoms with Gasteiger partial charge in [-0.05, 0) is 42.4 Å². The number of hydrogen-bond acceptors (Lipinski definition) is 3. The third kappa shape index (κ3) is 2.90. The molecule has 4 nitrogen and oxygen atoms in total. The highest BCUT2D eigenvalue weighted by Gasteiger charge is 2.32. The van der Waals surface area contributed by atoms with E-state index in [0.717, 1.165) is 17.5 Å². The number of hydrogen-bond donors (Lipinski definition) is 1. The largest absolute Gasteiger partial charge is 0.326 e. The molecule has 0 amide bonds. The summed E-state index contributed by atoms with van der Waals surface area (Å²) < 4.78 is 27.3. The molecule has 1 fully saturated rings. The van der Waals surface area contributed by atoms with Crippen molar-refractivity contribution in [2.75, 3.05) is 13.1 Å².